The van der Waals surface area contributed by atoms with Gasteiger partial charge in [0, 0.05) is 0 Å². The molecule has 6 heteroatoms. The van der Waals surface area contributed by atoms with Gasteiger partial charge in [-0.15, -0.1) is 5.10 Å². The lowest BCUT2D eigenvalue weighted by atomic mass is 10.7. The summed E-state index contributed by atoms with van der Waals surface area (Å²) < 4.78 is 0. The summed E-state index contributed by atoms with van der Waals surface area (Å²) in [6.07, 6.45) is 0. The second-order valence-corrected chi connectivity index (χ2v) is 2.38. The third-order valence-corrected chi connectivity index (χ3v) is 1.88. The van der Waals surface area contributed by atoms with Crippen LogP contribution < -0.4 is 0 Å². The number of hydrogen-bond donors (Lipinski definition) is 1. The third-order valence-electron chi connectivity index (χ3n) is 0.720. The minimum atomic E-state index is -0.0818. The molecule has 0 aliphatic heterocycles. The maximum atomic E-state index is 8.63. The zero-order valence-electron chi connectivity index (χ0n) is 3.98. The molecule has 0 fully saturated rings. The molecule has 0 atom stereocenters. The molecule has 0 unspecified atom stereocenters. The molecule has 50 valence electrons. The van der Waals surface area contributed by atoms with Crippen LogP contribution in [0.4, 0.5) is 0 Å². The normalized spacial score (nSPS) is 10.1. The van der Waals surface area contributed by atoms with Crippen LogP contribution in [0.5, 0.6) is 0 Å². The van der Waals surface area contributed by atoms with Gasteiger partial charge in [0.1, 0.15) is 5.02 Å². The summed E-state index contributed by atoms with van der Waals surface area (Å²) in [5, 5.41) is 11.9. The predicted octanol–water partition coefficient (Wildman–Crippen LogP) is 2.08. The molecule has 3 nitrogen and oxygen atoms in total. The molecule has 0 radical (unpaired) electrons. The SMILES string of the molecule is On1nc(Cl)c(Cl)c1Cl. The monoisotopic (exact) mass is 186 g/mol. The van der Waals surface area contributed by atoms with Crippen molar-refractivity contribution in [3.8, 4) is 0 Å². The van der Waals surface area contributed by atoms with Gasteiger partial charge >= 0.3 is 0 Å². The van der Waals surface area contributed by atoms with Gasteiger partial charge in [0.15, 0.2) is 10.3 Å². The van der Waals surface area contributed by atoms with Crippen molar-refractivity contribution in [2.24, 2.45) is 0 Å². The largest absolute Gasteiger partial charge is 0.410 e. The highest BCUT2D eigenvalue weighted by Crippen LogP contribution is 2.27. The van der Waals surface area contributed by atoms with E-state index in [0.29, 0.717) is 4.85 Å². The van der Waals surface area contributed by atoms with Crippen molar-refractivity contribution in [3.63, 3.8) is 0 Å². The third kappa shape index (κ3) is 1.08. The molecule has 0 aliphatic rings. The second-order valence-electron chi connectivity index (χ2n) is 1.29. The van der Waals surface area contributed by atoms with E-state index in [4.69, 9.17) is 40.0 Å². The van der Waals surface area contributed by atoms with Crippen molar-refractivity contribution in [2.75, 3.05) is 0 Å². The molecule has 0 amide bonds. The average molecular weight is 187 g/mol. The number of nitrogens with zero attached hydrogens (tertiary/aromatic N) is 2. The van der Waals surface area contributed by atoms with Gasteiger partial charge in [0.25, 0.3) is 0 Å². The highest BCUT2D eigenvalue weighted by atomic mass is 35.5. The Balaban J connectivity index is 3.29. The highest BCUT2D eigenvalue weighted by molar-refractivity contribution is 6.47. The molecule has 0 aromatic carbocycles. The molecule has 1 rings (SSSR count). The lowest BCUT2D eigenvalue weighted by molar-refractivity contribution is 0.150. The summed E-state index contributed by atoms with van der Waals surface area (Å²) in [5.41, 5.74) is 0. The summed E-state index contributed by atoms with van der Waals surface area (Å²) in [7, 11) is 0. The van der Waals surface area contributed by atoms with E-state index >= 15 is 0 Å². The van der Waals surface area contributed by atoms with Crippen LogP contribution in [-0.2, 0) is 0 Å². The number of hydrogen-bond acceptors (Lipinski definition) is 2. The molecule has 1 aromatic heterocycles. The molecule has 0 aliphatic carbocycles. The summed E-state index contributed by atoms with van der Waals surface area (Å²) >= 11 is 16.1. The van der Waals surface area contributed by atoms with Crippen LogP contribution in [0.15, 0.2) is 0 Å². The number of halogens is 3. The van der Waals surface area contributed by atoms with E-state index in [1.165, 1.54) is 0 Å². The van der Waals surface area contributed by atoms with Crippen molar-refractivity contribution >= 4 is 34.8 Å². The smallest absolute Gasteiger partial charge is 0.188 e. The minimum absolute atomic E-state index is 0.0100. The fourth-order valence-corrected chi connectivity index (χ4v) is 0.794. The van der Waals surface area contributed by atoms with Gasteiger partial charge < -0.3 is 5.21 Å². The van der Waals surface area contributed by atoms with Gasteiger partial charge in [-0.05, 0) is 0 Å². The van der Waals surface area contributed by atoms with Crippen LogP contribution in [0.25, 0.3) is 0 Å². The van der Waals surface area contributed by atoms with Crippen molar-refractivity contribution in [3.05, 3.63) is 15.3 Å². The van der Waals surface area contributed by atoms with Crippen LogP contribution in [-0.4, -0.2) is 15.2 Å². The first kappa shape index (κ1) is 6.99. The maximum absolute atomic E-state index is 8.63. The number of aromatic nitrogens is 2. The molecule has 0 spiro atoms. The van der Waals surface area contributed by atoms with E-state index in [2.05, 4.69) is 5.10 Å². The molecule has 0 saturated carbocycles. The molecule has 9 heavy (non-hydrogen) atoms. The Morgan fingerprint density at radius 2 is 1.89 bits per heavy atom. The van der Waals surface area contributed by atoms with Crippen LogP contribution in [0.2, 0.25) is 15.3 Å². The van der Waals surface area contributed by atoms with E-state index in [1.54, 1.807) is 0 Å². The van der Waals surface area contributed by atoms with E-state index in [-0.39, 0.29) is 15.3 Å². The zero-order valence-corrected chi connectivity index (χ0v) is 6.24. The van der Waals surface area contributed by atoms with E-state index in [9.17, 15) is 0 Å². The standard InChI is InChI=1S/C3HCl3N2O/c4-1-2(5)7-8(9)3(1)6/h9H. The van der Waals surface area contributed by atoms with Gasteiger partial charge in [-0.1, -0.05) is 39.6 Å². The fourth-order valence-electron chi connectivity index (χ4n) is 0.344. The number of rotatable bonds is 0. The molecular weight excluding hydrogens is 186 g/mol. The molecular formula is C3HCl3N2O. The molecule has 0 saturated heterocycles. The van der Waals surface area contributed by atoms with Crippen LogP contribution in [0.1, 0.15) is 0 Å². The molecule has 1 heterocycles. The average Bonchev–Trinajstić information content (AvgIpc) is 1.98. The van der Waals surface area contributed by atoms with Crippen molar-refractivity contribution in [1.29, 1.82) is 0 Å². The Morgan fingerprint density at radius 1 is 1.33 bits per heavy atom. The van der Waals surface area contributed by atoms with Crippen molar-refractivity contribution < 1.29 is 5.21 Å². The minimum Gasteiger partial charge on any atom is -0.410 e. The Kier molecular flexibility index (Phi) is 1.75. The van der Waals surface area contributed by atoms with Gasteiger partial charge in [-0.25, -0.2) is 0 Å². The first-order valence-corrected chi connectivity index (χ1v) is 3.05. The molecule has 1 aromatic rings. The lowest BCUT2D eigenvalue weighted by Crippen LogP contribution is -1.90. The van der Waals surface area contributed by atoms with Crippen LogP contribution in [0.3, 0.4) is 0 Å². The quantitative estimate of drug-likeness (QED) is 0.632. The Labute approximate surface area is 65.7 Å². The van der Waals surface area contributed by atoms with Crippen molar-refractivity contribution in [2.45, 2.75) is 0 Å². The molecule has 0 bridgehead atoms. The van der Waals surface area contributed by atoms with Gasteiger partial charge in [0.05, 0.1) is 0 Å². The summed E-state index contributed by atoms with van der Waals surface area (Å²) in [6, 6.07) is 0. The van der Waals surface area contributed by atoms with E-state index in [0.717, 1.165) is 0 Å². The lowest BCUT2D eigenvalue weighted by Gasteiger charge is -1.84. The summed E-state index contributed by atoms with van der Waals surface area (Å²) in [4.78, 5) is 0.409. The predicted molar refractivity (Wildman–Crippen MR) is 34.4 cm³/mol. The van der Waals surface area contributed by atoms with E-state index in [1.807, 2.05) is 0 Å². The Morgan fingerprint density at radius 3 is 2.00 bits per heavy atom. The Bertz CT molecular complexity index is 211. The summed E-state index contributed by atoms with van der Waals surface area (Å²) in [6.45, 7) is 0. The van der Waals surface area contributed by atoms with Gasteiger partial charge in [0.2, 0.25) is 0 Å². The molecule has 1 N–H and O–H groups in total. The topological polar surface area (TPSA) is 38.0 Å². The highest BCUT2D eigenvalue weighted by Gasteiger charge is 2.10. The summed E-state index contributed by atoms with van der Waals surface area (Å²) in [5.74, 6) is 0. The Hall–Kier alpha value is -0.120. The van der Waals surface area contributed by atoms with Crippen LogP contribution in [0, 0.1) is 0 Å². The van der Waals surface area contributed by atoms with Crippen LogP contribution >= 0.6 is 34.8 Å². The first-order valence-electron chi connectivity index (χ1n) is 1.91. The second kappa shape index (κ2) is 2.25. The fraction of sp³-hybridized carbons (Fsp3) is 0. The maximum Gasteiger partial charge on any atom is 0.188 e. The van der Waals surface area contributed by atoms with Crippen molar-refractivity contribution in [1.82, 2.24) is 9.94 Å². The van der Waals surface area contributed by atoms with Gasteiger partial charge in [-0.3, -0.25) is 0 Å². The van der Waals surface area contributed by atoms with Gasteiger partial charge in [-0.2, -0.15) is 0 Å². The zero-order chi connectivity index (χ0) is 7.02. The first-order chi connectivity index (χ1) is 4.13. The van der Waals surface area contributed by atoms with E-state index < -0.39 is 0 Å².